The summed E-state index contributed by atoms with van der Waals surface area (Å²) < 4.78 is 25.6. The molecule has 14 heteroatoms. The van der Waals surface area contributed by atoms with E-state index in [2.05, 4.69) is 4.72 Å². The first kappa shape index (κ1) is 28.5. The van der Waals surface area contributed by atoms with Gasteiger partial charge in [-0.15, -0.1) is 0 Å². The van der Waals surface area contributed by atoms with Crippen LogP contribution in [0.1, 0.15) is 23.1 Å². The summed E-state index contributed by atoms with van der Waals surface area (Å²) in [7, 11) is 2.87. The van der Waals surface area contributed by atoms with Crippen molar-refractivity contribution in [3.8, 4) is 5.75 Å². The summed E-state index contributed by atoms with van der Waals surface area (Å²) in [5.74, 6) is -7.41. The van der Waals surface area contributed by atoms with Crippen molar-refractivity contribution in [3.63, 3.8) is 0 Å². The fourth-order valence-electron chi connectivity index (χ4n) is 6.09. The van der Waals surface area contributed by atoms with Crippen LogP contribution in [0.15, 0.2) is 23.0 Å². The minimum Gasteiger partial charge on any atom is -0.508 e. The highest BCUT2D eigenvalue weighted by molar-refractivity contribution is 7.88. The number of nitrogens with one attached hydrogen (secondary N) is 1. The Labute approximate surface area is 225 Å². The predicted molar refractivity (Wildman–Crippen MR) is 140 cm³/mol. The van der Waals surface area contributed by atoms with Gasteiger partial charge in [-0.2, -0.15) is 0 Å². The molecule has 0 aromatic heterocycles. The zero-order valence-corrected chi connectivity index (χ0v) is 23.0. The van der Waals surface area contributed by atoms with Crippen molar-refractivity contribution >= 4 is 38.9 Å². The van der Waals surface area contributed by atoms with Crippen LogP contribution in [-0.2, 0) is 37.4 Å². The molecule has 1 saturated carbocycles. The monoisotopic (exact) mass is 564 g/mol. The molecule has 0 aliphatic heterocycles. The van der Waals surface area contributed by atoms with E-state index in [4.69, 9.17) is 5.73 Å². The van der Waals surface area contributed by atoms with E-state index in [0.717, 1.165) is 6.26 Å². The summed E-state index contributed by atoms with van der Waals surface area (Å²) in [6.07, 6.45) is 1.04. The molecule has 0 radical (unpaired) electrons. The Hall–Kier alpha value is -3.46. The lowest BCUT2D eigenvalue weighted by Gasteiger charge is -2.50. The Morgan fingerprint density at radius 2 is 1.79 bits per heavy atom. The average molecular weight is 565 g/mol. The van der Waals surface area contributed by atoms with Crippen molar-refractivity contribution in [2.75, 3.05) is 39.3 Å². The van der Waals surface area contributed by atoms with Gasteiger partial charge in [0.1, 0.15) is 22.8 Å². The second-order valence-electron chi connectivity index (χ2n) is 10.7. The van der Waals surface area contributed by atoms with Crippen LogP contribution in [0, 0.1) is 11.8 Å². The molecule has 1 aromatic rings. The van der Waals surface area contributed by atoms with Crippen LogP contribution in [0.3, 0.4) is 0 Å². The number of aromatic hydroxyl groups is 1. The third kappa shape index (κ3) is 4.27. The Morgan fingerprint density at radius 1 is 1.18 bits per heavy atom. The van der Waals surface area contributed by atoms with E-state index < -0.39 is 73.8 Å². The lowest BCUT2D eigenvalue weighted by molar-refractivity contribution is -0.153. The molecule has 1 amide bonds. The normalized spacial score (nSPS) is 26.9. The van der Waals surface area contributed by atoms with Crippen molar-refractivity contribution in [3.05, 3.63) is 39.7 Å². The number of primary amides is 1. The maximum atomic E-state index is 13.9. The third-order valence-electron chi connectivity index (χ3n) is 7.78. The highest BCUT2D eigenvalue weighted by atomic mass is 32.2. The van der Waals surface area contributed by atoms with Gasteiger partial charge in [0.2, 0.25) is 15.8 Å². The Balaban J connectivity index is 1.97. The summed E-state index contributed by atoms with van der Waals surface area (Å²) >= 11 is 0. The number of aliphatic hydroxyl groups excluding tert-OH is 2. The number of phenolic OH excluding ortho intramolecular Hbond substituents is 1. The Bertz CT molecular complexity index is 1480. The Kier molecular flexibility index (Phi) is 6.83. The molecule has 212 valence electrons. The van der Waals surface area contributed by atoms with E-state index in [1.165, 1.54) is 19.0 Å². The first-order chi connectivity index (χ1) is 17.9. The summed E-state index contributed by atoms with van der Waals surface area (Å²) in [6, 6.07) is 0.403. The number of aliphatic hydroxyl groups is 3. The second-order valence-corrected chi connectivity index (χ2v) is 12.5. The van der Waals surface area contributed by atoms with Crippen molar-refractivity contribution in [2.45, 2.75) is 31.0 Å². The van der Waals surface area contributed by atoms with E-state index in [-0.39, 0.29) is 36.1 Å². The number of carbonyl (C=O) groups excluding carboxylic acids is 3. The number of phenols is 1. The minimum atomic E-state index is -3.63. The molecule has 13 nitrogen and oxygen atoms in total. The SMILES string of the molecule is CN(C)c1cc(CNS(C)(=O)=O)c(O)c2c1C[C@H]1C[C@H]3[C@H](N(C)C)C(=O)C(C(N)=O)=C(O)[C@@]3(O)C(=O)C1=C2O. The van der Waals surface area contributed by atoms with E-state index >= 15 is 0 Å². The molecule has 7 N–H and O–H groups in total. The number of ketones is 2. The van der Waals surface area contributed by atoms with Crippen molar-refractivity contribution in [2.24, 2.45) is 17.6 Å². The number of hydrogen-bond donors (Lipinski definition) is 6. The van der Waals surface area contributed by atoms with Crippen molar-refractivity contribution in [1.82, 2.24) is 9.62 Å². The van der Waals surface area contributed by atoms with Gasteiger partial charge in [0.15, 0.2) is 11.4 Å². The summed E-state index contributed by atoms with van der Waals surface area (Å²) in [4.78, 5) is 42.3. The number of hydrogen-bond acceptors (Lipinski definition) is 11. The van der Waals surface area contributed by atoms with Crippen molar-refractivity contribution < 1.29 is 43.2 Å². The van der Waals surface area contributed by atoms with E-state index in [9.17, 15) is 43.2 Å². The molecule has 0 unspecified atom stereocenters. The number of fused-ring (bicyclic) bond motifs is 3. The van der Waals surface area contributed by atoms with Crippen LogP contribution in [0.5, 0.6) is 5.75 Å². The zero-order valence-electron chi connectivity index (χ0n) is 22.1. The molecule has 0 saturated heterocycles. The van der Waals surface area contributed by atoms with Gasteiger partial charge in [-0.1, -0.05) is 0 Å². The van der Waals surface area contributed by atoms with Gasteiger partial charge in [0, 0.05) is 43.4 Å². The van der Waals surface area contributed by atoms with Gasteiger partial charge in [0.05, 0.1) is 17.9 Å². The maximum Gasteiger partial charge on any atom is 0.255 e. The molecule has 0 bridgehead atoms. The molecule has 4 rings (SSSR count). The molecule has 39 heavy (non-hydrogen) atoms. The zero-order chi connectivity index (χ0) is 29.4. The van der Waals surface area contributed by atoms with Crippen LogP contribution in [0.2, 0.25) is 0 Å². The minimum absolute atomic E-state index is 0.0310. The van der Waals surface area contributed by atoms with E-state index in [1.54, 1.807) is 25.1 Å². The van der Waals surface area contributed by atoms with Crippen LogP contribution >= 0.6 is 0 Å². The molecular weight excluding hydrogens is 532 g/mol. The molecule has 4 atom stereocenters. The molecule has 1 fully saturated rings. The summed E-state index contributed by atoms with van der Waals surface area (Å²) in [5.41, 5.74) is 2.48. The number of likely N-dealkylation sites (N-methyl/N-ethyl adjacent to an activating group) is 1. The number of carbonyl (C=O) groups is 3. The van der Waals surface area contributed by atoms with Crippen LogP contribution in [0.25, 0.3) is 5.76 Å². The van der Waals surface area contributed by atoms with Crippen LogP contribution in [0.4, 0.5) is 5.69 Å². The van der Waals surface area contributed by atoms with Crippen molar-refractivity contribution in [1.29, 1.82) is 0 Å². The Morgan fingerprint density at radius 3 is 2.31 bits per heavy atom. The quantitative estimate of drug-likeness (QED) is 0.233. The number of benzene rings is 1. The molecular formula is C25H32N4O9S. The molecule has 3 aliphatic carbocycles. The largest absolute Gasteiger partial charge is 0.508 e. The predicted octanol–water partition coefficient (Wildman–Crippen LogP) is -0.921. The fourth-order valence-corrected chi connectivity index (χ4v) is 6.51. The summed E-state index contributed by atoms with van der Waals surface area (Å²) in [5, 5.41) is 45.1. The maximum absolute atomic E-state index is 13.9. The van der Waals surface area contributed by atoms with Gasteiger partial charge in [0.25, 0.3) is 5.91 Å². The molecule has 0 heterocycles. The molecule has 0 spiro atoms. The third-order valence-corrected chi connectivity index (χ3v) is 8.45. The number of amides is 1. The van der Waals surface area contributed by atoms with Gasteiger partial charge in [-0.25, -0.2) is 13.1 Å². The highest BCUT2D eigenvalue weighted by Crippen LogP contribution is 2.54. The molecule has 1 aromatic carbocycles. The van der Waals surface area contributed by atoms with Crippen LogP contribution in [-0.4, -0.2) is 97.3 Å². The van der Waals surface area contributed by atoms with Gasteiger partial charge in [-0.05, 0) is 44.5 Å². The number of rotatable bonds is 6. The van der Waals surface area contributed by atoms with Gasteiger partial charge < -0.3 is 31.1 Å². The van der Waals surface area contributed by atoms with Gasteiger partial charge in [-0.3, -0.25) is 19.3 Å². The first-order valence-electron chi connectivity index (χ1n) is 12.1. The summed E-state index contributed by atoms with van der Waals surface area (Å²) in [6.45, 7) is -0.303. The average Bonchev–Trinajstić information content (AvgIpc) is 2.79. The number of anilines is 1. The molecule has 3 aliphatic rings. The highest BCUT2D eigenvalue weighted by Gasteiger charge is 2.64. The van der Waals surface area contributed by atoms with E-state index in [0.29, 0.717) is 11.3 Å². The van der Waals surface area contributed by atoms with Gasteiger partial charge >= 0.3 is 0 Å². The lowest BCUT2D eigenvalue weighted by Crippen LogP contribution is -2.65. The smallest absolute Gasteiger partial charge is 0.255 e. The number of Topliss-reactive ketones (excluding diaryl/α,β-unsaturated/α-hetero) is 2. The topological polar surface area (TPSA) is 211 Å². The fraction of sp³-hybridized carbons (Fsp3) is 0.480. The standard InChI is InChI=1S/C25H32N4O9S/c1-28(2)14-8-11(9-27-39(5,37)38)19(30)16-12(14)6-10-7-13-18(29(3)4)21(32)17(24(26)35)23(34)25(13,36)22(33)15(10)20(16)31/h8,10,13,18,27,30-31,34,36H,6-7,9H2,1-5H3,(H2,26,35)/t10-,13-,18-,25-/m0/s1. The first-order valence-corrected chi connectivity index (χ1v) is 14.0. The number of sulfonamides is 1. The number of nitrogens with two attached hydrogens (primary N) is 1. The van der Waals surface area contributed by atoms with E-state index in [1.807, 2.05) is 0 Å². The number of nitrogens with zero attached hydrogens (tertiary/aromatic N) is 2. The van der Waals surface area contributed by atoms with Crippen LogP contribution < -0.4 is 15.4 Å². The second kappa shape index (κ2) is 9.33. The lowest BCUT2D eigenvalue weighted by atomic mass is 9.57.